The van der Waals surface area contributed by atoms with E-state index < -0.39 is 11.7 Å². The van der Waals surface area contributed by atoms with Gasteiger partial charge in [-0.25, -0.2) is 4.39 Å². The van der Waals surface area contributed by atoms with Crippen LogP contribution in [0.15, 0.2) is 71.6 Å². The predicted molar refractivity (Wildman–Crippen MR) is 121 cm³/mol. The number of hydrogen-bond acceptors (Lipinski definition) is 3. The molecule has 7 heteroatoms. The zero-order valence-corrected chi connectivity index (χ0v) is 18.0. The Morgan fingerprint density at radius 1 is 1.00 bits per heavy atom. The molecule has 2 amide bonds. The number of carbonyl (C=O) groups is 2. The molecule has 0 aliphatic heterocycles. The second-order valence-electron chi connectivity index (χ2n) is 6.62. The van der Waals surface area contributed by atoms with Gasteiger partial charge in [0.25, 0.3) is 5.91 Å². The zero-order valence-electron chi connectivity index (χ0n) is 16.4. The summed E-state index contributed by atoms with van der Waals surface area (Å²) in [6.07, 6.45) is 0. The lowest BCUT2D eigenvalue weighted by atomic mass is 10.2. The summed E-state index contributed by atoms with van der Waals surface area (Å²) in [5.74, 6) is -1.27. The molecule has 3 aromatic carbocycles. The van der Waals surface area contributed by atoms with Crippen molar-refractivity contribution in [3.05, 3.63) is 88.7 Å². The van der Waals surface area contributed by atoms with E-state index in [1.807, 2.05) is 13.0 Å². The Balaban J connectivity index is 1.65. The van der Waals surface area contributed by atoms with Crippen LogP contribution in [0.3, 0.4) is 0 Å². The number of benzene rings is 3. The van der Waals surface area contributed by atoms with Gasteiger partial charge in [0.15, 0.2) is 0 Å². The largest absolute Gasteiger partial charge is 0.325 e. The molecule has 0 radical (unpaired) electrons. The summed E-state index contributed by atoms with van der Waals surface area (Å²) in [6, 6.07) is 18.2. The van der Waals surface area contributed by atoms with Crippen molar-refractivity contribution in [2.45, 2.75) is 24.0 Å². The van der Waals surface area contributed by atoms with Crippen LogP contribution in [0.5, 0.6) is 0 Å². The summed E-state index contributed by atoms with van der Waals surface area (Å²) in [5, 5.41) is 5.78. The highest BCUT2D eigenvalue weighted by molar-refractivity contribution is 8.00. The topological polar surface area (TPSA) is 58.2 Å². The average Bonchev–Trinajstić information content (AvgIpc) is 2.72. The lowest BCUT2D eigenvalue weighted by molar-refractivity contribution is -0.115. The van der Waals surface area contributed by atoms with Crippen LogP contribution < -0.4 is 10.6 Å². The molecule has 0 heterocycles. The van der Waals surface area contributed by atoms with Crippen molar-refractivity contribution in [3.8, 4) is 0 Å². The third-order valence-electron chi connectivity index (χ3n) is 4.42. The van der Waals surface area contributed by atoms with Crippen LogP contribution in [0.25, 0.3) is 0 Å². The maximum absolute atomic E-state index is 13.8. The van der Waals surface area contributed by atoms with Crippen LogP contribution in [0, 0.1) is 12.7 Å². The van der Waals surface area contributed by atoms with Crippen LogP contribution >= 0.6 is 23.4 Å². The second kappa shape index (κ2) is 9.78. The molecule has 0 saturated carbocycles. The minimum Gasteiger partial charge on any atom is -0.325 e. The Bertz CT molecular complexity index is 1090. The SMILES string of the molecule is Cc1c(Cl)cccc1NC(=O)C(C)Sc1cccc(NC(=O)c2ccccc2F)c1. The standard InChI is InChI=1S/C23H20ClFN2O2S/c1-14-19(24)10-6-12-21(14)27-22(28)15(2)30-17-8-5-7-16(13-17)26-23(29)18-9-3-4-11-20(18)25/h3-13,15H,1-2H3,(H,26,29)(H,27,28). The second-order valence-corrected chi connectivity index (χ2v) is 8.44. The van der Waals surface area contributed by atoms with Crippen LogP contribution in [0.4, 0.5) is 15.8 Å². The van der Waals surface area contributed by atoms with Gasteiger partial charge in [0.2, 0.25) is 5.91 Å². The Morgan fingerprint density at radius 3 is 2.50 bits per heavy atom. The molecule has 0 aliphatic rings. The van der Waals surface area contributed by atoms with E-state index in [-0.39, 0.29) is 16.7 Å². The molecular formula is C23H20ClFN2O2S. The summed E-state index contributed by atoms with van der Waals surface area (Å²) in [5.41, 5.74) is 1.97. The molecule has 0 spiro atoms. The number of amides is 2. The minimum absolute atomic E-state index is 0.0276. The molecule has 1 unspecified atom stereocenters. The number of rotatable bonds is 6. The Kier molecular flexibility index (Phi) is 7.13. The fourth-order valence-corrected chi connectivity index (χ4v) is 3.83. The van der Waals surface area contributed by atoms with Gasteiger partial charge >= 0.3 is 0 Å². The van der Waals surface area contributed by atoms with Crippen LogP contribution in [-0.2, 0) is 4.79 Å². The summed E-state index contributed by atoms with van der Waals surface area (Å²) in [7, 11) is 0. The molecular weight excluding hydrogens is 423 g/mol. The van der Waals surface area contributed by atoms with Crippen LogP contribution in [0.2, 0.25) is 5.02 Å². The number of thioether (sulfide) groups is 1. The molecule has 4 nitrogen and oxygen atoms in total. The summed E-state index contributed by atoms with van der Waals surface area (Å²) >= 11 is 7.46. The third kappa shape index (κ3) is 5.40. The van der Waals surface area contributed by atoms with Gasteiger partial charge in [0, 0.05) is 21.3 Å². The minimum atomic E-state index is -0.581. The lowest BCUT2D eigenvalue weighted by Gasteiger charge is -2.15. The van der Waals surface area contributed by atoms with E-state index in [1.165, 1.54) is 30.0 Å². The molecule has 0 aliphatic carbocycles. The van der Waals surface area contributed by atoms with Gasteiger partial charge < -0.3 is 10.6 Å². The van der Waals surface area contributed by atoms with Gasteiger partial charge in [0.1, 0.15) is 5.82 Å². The predicted octanol–water partition coefficient (Wildman–Crippen LogP) is 6.16. The maximum Gasteiger partial charge on any atom is 0.258 e. The molecule has 0 saturated heterocycles. The molecule has 1 atom stereocenters. The van der Waals surface area contributed by atoms with E-state index in [4.69, 9.17) is 11.6 Å². The highest BCUT2D eigenvalue weighted by Crippen LogP contribution is 2.28. The molecule has 154 valence electrons. The Hall–Kier alpha value is -2.83. The quantitative estimate of drug-likeness (QED) is 0.449. The van der Waals surface area contributed by atoms with Gasteiger partial charge in [-0.2, -0.15) is 0 Å². The molecule has 0 bridgehead atoms. The van der Waals surface area contributed by atoms with Crippen molar-refractivity contribution in [1.82, 2.24) is 0 Å². The van der Waals surface area contributed by atoms with Crippen LogP contribution in [0.1, 0.15) is 22.8 Å². The number of carbonyl (C=O) groups excluding carboxylic acids is 2. The number of hydrogen-bond donors (Lipinski definition) is 2. The van der Waals surface area contributed by atoms with Crippen molar-refractivity contribution < 1.29 is 14.0 Å². The first-order chi connectivity index (χ1) is 14.3. The van der Waals surface area contributed by atoms with Crippen molar-refractivity contribution in [2.75, 3.05) is 10.6 Å². The Morgan fingerprint density at radius 2 is 1.73 bits per heavy atom. The van der Waals surface area contributed by atoms with E-state index in [2.05, 4.69) is 10.6 Å². The smallest absolute Gasteiger partial charge is 0.258 e. The lowest BCUT2D eigenvalue weighted by Crippen LogP contribution is -2.22. The van der Waals surface area contributed by atoms with Gasteiger partial charge in [-0.15, -0.1) is 11.8 Å². The summed E-state index contributed by atoms with van der Waals surface area (Å²) in [6.45, 7) is 3.64. The first-order valence-electron chi connectivity index (χ1n) is 9.23. The molecule has 2 N–H and O–H groups in total. The maximum atomic E-state index is 13.8. The van der Waals surface area contributed by atoms with E-state index in [0.29, 0.717) is 16.4 Å². The van der Waals surface area contributed by atoms with Crippen molar-refractivity contribution in [2.24, 2.45) is 0 Å². The fraction of sp³-hybridized carbons (Fsp3) is 0.130. The average molecular weight is 443 g/mol. The van der Waals surface area contributed by atoms with Gasteiger partial charge in [0.05, 0.1) is 10.8 Å². The van der Waals surface area contributed by atoms with Crippen molar-refractivity contribution >= 4 is 46.6 Å². The highest BCUT2D eigenvalue weighted by Gasteiger charge is 2.17. The third-order valence-corrected chi connectivity index (χ3v) is 5.92. The van der Waals surface area contributed by atoms with Crippen LogP contribution in [-0.4, -0.2) is 17.1 Å². The molecule has 0 aromatic heterocycles. The first kappa shape index (κ1) is 21.9. The number of anilines is 2. The van der Waals surface area contributed by atoms with E-state index in [9.17, 15) is 14.0 Å². The molecule has 3 rings (SSSR count). The van der Waals surface area contributed by atoms with E-state index >= 15 is 0 Å². The molecule has 0 fully saturated rings. The molecule has 30 heavy (non-hydrogen) atoms. The zero-order chi connectivity index (χ0) is 21.7. The van der Waals surface area contributed by atoms with Gasteiger partial charge in [-0.05, 0) is 61.9 Å². The van der Waals surface area contributed by atoms with Gasteiger partial charge in [-0.1, -0.05) is 35.9 Å². The summed E-state index contributed by atoms with van der Waals surface area (Å²) in [4.78, 5) is 25.7. The van der Waals surface area contributed by atoms with E-state index in [0.717, 1.165) is 10.5 Å². The normalized spacial score (nSPS) is 11.6. The monoisotopic (exact) mass is 442 g/mol. The summed E-state index contributed by atoms with van der Waals surface area (Å²) < 4.78 is 13.8. The van der Waals surface area contributed by atoms with Crippen molar-refractivity contribution in [3.63, 3.8) is 0 Å². The van der Waals surface area contributed by atoms with E-state index in [1.54, 1.807) is 49.4 Å². The number of nitrogens with one attached hydrogen (secondary N) is 2. The fourth-order valence-electron chi connectivity index (χ4n) is 2.73. The highest BCUT2D eigenvalue weighted by atomic mass is 35.5. The van der Waals surface area contributed by atoms with Gasteiger partial charge in [-0.3, -0.25) is 9.59 Å². The Labute approximate surface area is 183 Å². The van der Waals surface area contributed by atoms with Crippen molar-refractivity contribution in [1.29, 1.82) is 0 Å². The number of halogens is 2. The first-order valence-corrected chi connectivity index (χ1v) is 10.5. The molecule has 3 aromatic rings.